The molecule has 0 aromatic heterocycles. The van der Waals surface area contributed by atoms with Crippen molar-refractivity contribution < 1.29 is 17.9 Å². The predicted molar refractivity (Wildman–Crippen MR) is 119 cm³/mol. The van der Waals surface area contributed by atoms with Gasteiger partial charge in [0.15, 0.2) is 0 Å². The van der Waals surface area contributed by atoms with E-state index in [1.807, 2.05) is 30.3 Å². The summed E-state index contributed by atoms with van der Waals surface area (Å²) >= 11 is 0. The number of carbonyl (C=O) groups is 1. The van der Waals surface area contributed by atoms with Crippen molar-refractivity contribution in [2.75, 3.05) is 24.2 Å². The third kappa shape index (κ3) is 5.33. The summed E-state index contributed by atoms with van der Waals surface area (Å²) in [6.07, 6.45) is 1.92. The van der Waals surface area contributed by atoms with Crippen LogP contribution in [0.5, 0.6) is 0 Å². The Morgan fingerprint density at radius 2 is 1.73 bits per heavy atom. The Labute approximate surface area is 178 Å². The van der Waals surface area contributed by atoms with Gasteiger partial charge in [0.1, 0.15) is 0 Å². The molecule has 2 aromatic rings. The SMILES string of the molecule is CNc1cc(NS(=O)(=O)C2CCC(C(=O)OC)CC2)ccc1C#Cc1ccccc1. The molecule has 3 rings (SSSR count). The minimum atomic E-state index is -3.55. The lowest BCUT2D eigenvalue weighted by atomic mass is 9.89. The van der Waals surface area contributed by atoms with Gasteiger partial charge in [-0.05, 0) is 56.0 Å². The molecule has 2 aromatic carbocycles. The Hall–Kier alpha value is -2.98. The van der Waals surface area contributed by atoms with Crippen molar-refractivity contribution in [3.8, 4) is 11.8 Å². The second kappa shape index (κ2) is 9.68. The van der Waals surface area contributed by atoms with Crippen LogP contribution in [0.4, 0.5) is 11.4 Å². The van der Waals surface area contributed by atoms with Gasteiger partial charge < -0.3 is 10.1 Å². The van der Waals surface area contributed by atoms with E-state index in [-0.39, 0.29) is 11.9 Å². The first-order valence-corrected chi connectivity index (χ1v) is 11.5. The van der Waals surface area contributed by atoms with E-state index in [0.29, 0.717) is 31.4 Å². The van der Waals surface area contributed by atoms with Crippen LogP contribution in [0.25, 0.3) is 0 Å². The van der Waals surface area contributed by atoms with Gasteiger partial charge >= 0.3 is 5.97 Å². The first-order chi connectivity index (χ1) is 14.4. The van der Waals surface area contributed by atoms with Crippen LogP contribution in [-0.4, -0.2) is 33.8 Å². The number of rotatable bonds is 5. The van der Waals surface area contributed by atoms with Crippen LogP contribution >= 0.6 is 0 Å². The highest BCUT2D eigenvalue weighted by molar-refractivity contribution is 7.93. The van der Waals surface area contributed by atoms with E-state index in [9.17, 15) is 13.2 Å². The van der Waals surface area contributed by atoms with Crippen molar-refractivity contribution in [3.05, 3.63) is 59.7 Å². The van der Waals surface area contributed by atoms with Crippen LogP contribution in [0.2, 0.25) is 0 Å². The third-order valence-corrected chi connectivity index (χ3v) is 7.18. The van der Waals surface area contributed by atoms with Gasteiger partial charge in [0.05, 0.1) is 29.7 Å². The van der Waals surface area contributed by atoms with Gasteiger partial charge in [0.2, 0.25) is 10.0 Å². The van der Waals surface area contributed by atoms with E-state index in [2.05, 4.69) is 21.9 Å². The monoisotopic (exact) mass is 426 g/mol. The maximum absolute atomic E-state index is 12.8. The first-order valence-electron chi connectivity index (χ1n) is 9.91. The van der Waals surface area contributed by atoms with Crippen LogP contribution in [0.15, 0.2) is 48.5 Å². The summed E-state index contributed by atoms with van der Waals surface area (Å²) < 4.78 is 33.1. The zero-order valence-corrected chi connectivity index (χ0v) is 18.0. The molecule has 0 spiro atoms. The van der Waals surface area contributed by atoms with Gasteiger partial charge in [-0.2, -0.15) is 0 Å². The van der Waals surface area contributed by atoms with Crippen molar-refractivity contribution in [2.24, 2.45) is 5.92 Å². The van der Waals surface area contributed by atoms with E-state index in [0.717, 1.165) is 16.8 Å². The second-order valence-electron chi connectivity index (χ2n) is 7.27. The minimum absolute atomic E-state index is 0.209. The average molecular weight is 427 g/mol. The van der Waals surface area contributed by atoms with E-state index < -0.39 is 15.3 Å². The molecule has 158 valence electrons. The topological polar surface area (TPSA) is 84.5 Å². The summed E-state index contributed by atoms with van der Waals surface area (Å²) in [5.74, 6) is 5.76. The molecule has 7 heteroatoms. The van der Waals surface area contributed by atoms with Gasteiger partial charge in [-0.1, -0.05) is 30.0 Å². The van der Waals surface area contributed by atoms with Crippen LogP contribution in [0.1, 0.15) is 36.8 Å². The molecule has 0 aliphatic heterocycles. The quantitative estimate of drug-likeness (QED) is 0.564. The van der Waals surface area contributed by atoms with Crippen molar-refractivity contribution >= 4 is 27.4 Å². The highest BCUT2D eigenvalue weighted by Crippen LogP contribution is 2.31. The second-order valence-corrected chi connectivity index (χ2v) is 9.23. The standard InChI is InChI=1S/C23H26N2O4S/c1-24-22-16-20(13-10-18(22)9-8-17-6-4-3-5-7-17)25-30(27,28)21-14-11-19(12-15-21)23(26)29-2/h3-7,10,13,16,19,21,24-25H,11-12,14-15H2,1-2H3. The van der Waals surface area contributed by atoms with E-state index in [1.165, 1.54) is 7.11 Å². The normalized spacial score (nSPS) is 18.6. The number of hydrogen-bond donors (Lipinski definition) is 2. The Balaban J connectivity index is 1.71. The minimum Gasteiger partial charge on any atom is -0.469 e. The number of nitrogens with one attached hydrogen (secondary N) is 2. The zero-order valence-electron chi connectivity index (χ0n) is 17.1. The highest BCUT2D eigenvalue weighted by Gasteiger charge is 2.34. The summed E-state index contributed by atoms with van der Waals surface area (Å²) in [7, 11) is -0.417. The number of hydrogen-bond acceptors (Lipinski definition) is 5. The fraction of sp³-hybridized carbons (Fsp3) is 0.348. The average Bonchev–Trinajstić information content (AvgIpc) is 2.78. The Kier molecular flexibility index (Phi) is 7.01. The highest BCUT2D eigenvalue weighted by atomic mass is 32.2. The summed E-state index contributed by atoms with van der Waals surface area (Å²) in [6, 6.07) is 14.9. The van der Waals surface area contributed by atoms with Gasteiger partial charge in [0.25, 0.3) is 0 Å². The third-order valence-electron chi connectivity index (χ3n) is 5.31. The molecule has 0 atom stereocenters. The van der Waals surface area contributed by atoms with E-state index in [1.54, 1.807) is 25.2 Å². The maximum Gasteiger partial charge on any atom is 0.308 e. The molecule has 1 aliphatic rings. The largest absolute Gasteiger partial charge is 0.469 e. The fourth-order valence-electron chi connectivity index (χ4n) is 3.61. The first kappa shape index (κ1) is 21.7. The number of anilines is 2. The van der Waals surface area contributed by atoms with Gasteiger partial charge in [0, 0.05) is 18.2 Å². The lowest BCUT2D eigenvalue weighted by molar-refractivity contribution is -0.146. The molecular formula is C23H26N2O4S. The Morgan fingerprint density at radius 1 is 1.03 bits per heavy atom. The lowest BCUT2D eigenvalue weighted by Gasteiger charge is -2.27. The number of carbonyl (C=O) groups excluding carboxylic acids is 1. The molecule has 1 fully saturated rings. The molecule has 1 saturated carbocycles. The van der Waals surface area contributed by atoms with Crippen LogP contribution in [0, 0.1) is 17.8 Å². The Bertz CT molecular complexity index is 1050. The van der Waals surface area contributed by atoms with Crippen molar-refractivity contribution in [2.45, 2.75) is 30.9 Å². The maximum atomic E-state index is 12.8. The molecule has 1 aliphatic carbocycles. The molecule has 0 heterocycles. The molecule has 30 heavy (non-hydrogen) atoms. The van der Waals surface area contributed by atoms with Crippen LogP contribution < -0.4 is 10.0 Å². The van der Waals surface area contributed by atoms with Crippen molar-refractivity contribution in [1.82, 2.24) is 0 Å². The number of esters is 1. The molecule has 6 nitrogen and oxygen atoms in total. The molecule has 2 N–H and O–H groups in total. The van der Waals surface area contributed by atoms with Gasteiger partial charge in [-0.15, -0.1) is 0 Å². The number of ether oxygens (including phenoxy) is 1. The number of sulfonamides is 1. The van der Waals surface area contributed by atoms with Gasteiger partial charge in [-0.25, -0.2) is 8.42 Å². The zero-order chi connectivity index (χ0) is 21.6. The smallest absolute Gasteiger partial charge is 0.308 e. The molecule has 0 unspecified atom stereocenters. The lowest BCUT2D eigenvalue weighted by Crippen LogP contribution is -2.33. The number of methoxy groups -OCH3 is 1. The number of benzene rings is 2. The predicted octanol–water partition coefficient (Wildman–Crippen LogP) is 3.60. The summed E-state index contributed by atoms with van der Waals surface area (Å²) in [5.41, 5.74) is 2.92. The molecule has 0 amide bonds. The van der Waals surface area contributed by atoms with E-state index >= 15 is 0 Å². The summed E-state index contributed by atoms with van der Waals surface area (Å²) in [6.45, 7) is 0. The molecular weight excluding hydrogens is 400 g/mol. The van der Waals surface area contributed by atoms with E-state index in [4.69, 9.17) is 4.74 Å². The van der Waals surface area contributed by atoms with Gasteiger partial charge in [-0.3, -0.25) is 9.52 Å². The molecule has 0 radical (unpaired) electrons. The summed E-state index contributed by atoms with van der Waals surface area (Å²) in [5, 5.41) is 2.55. The fourth-order valence-corrected chi connectivity index (χ4v) is 5.12. The van der Waals surface area contributed by atoms with Crippen molar-refractivity contribution in [1.29, 1.82) is 0 Å². The molecule has 0 bridgehead atoms. The molecule has 0 saturated heterocycles. The summed E-state index contributed by atoms with van der Waals surface area (Å²) in [4.78, 5) is 11.7. The Morgan fingerprint density at radius 3 is 2.37 bits per heavy atom. The van der Waals surface area contributed by atoms with Crippen LogP contribution in [-0.2, 0) is 19.6 Å². The van der Waals surface area contributed by atoms with Crippen molar-refractivity contribution in [3.63, 3.8) is 0 Å². The van der Waals surface area contributed by atoms with Crippen LogP contribution in [0.3, 0.4) is 0 Å².